The minimum atomic E-state index is 0. The summed E-state index contributed by atoms with van der Waals surface area (Å²) in [5.74, 6) is 0.626. The van der Waals surface area contributed by atoms with Gasteiger partial charge in [-0.1, -0.05) is 80.8 Å². The molecule has 0 saturated carbocycles. The number of benzene rings is 4. The van der Waals surface area contributed by atoms with E-state index in [9.17, 15) is 0 Å². The molecule has 5 aromatic carbocycles. The van der Waals surface area contributed by atoms with Gasteiger partial charge in [-0.3, -0.25) is 6.08 Å². The third kappa shape index (κ3) is 10.1. The Hall–Kier alpha value is -2.44. The predicted molar refractivity (Wildman–Crippen MR) is 172 cm³/mol. The molecule has 5 aromatic rings. The average molecular weight is 671 g/mol. The number of hydrogen-bond donors (Lipinski definition) is 0. The molecule has 0 nitrogen and oxygen atoms in total. The van der Waals surface area contributed by atoms with Crippen molar-refractivity contribution in [3.05, 3.63) is 149 Å². The van der Waals surface area contributed by atoms with Crippen LogP contribution in [0.2, 0.25) is 0 Å². The van der Waals surface area contributed by atoms with E-state index in [1.54, 1.807) is 0 Å². The van der Waals surface area contributed by atoms with Gasteiger partial charge in [-0.05, 0) is 13.8 Å². The van der Waals surface area contributed by atoms with Crippen molar-refractivity contribution in [1.29, 1.82) is 0 Å². The van der Waals surface area contributed by atoms with Gasteiger partial charge in [0.1, 0.15) is 0 Å². The molecule has 1 unspecified atom stereocenters. The standard InChI is InChI=1S/C15H13.C13H10.C11H17.2ClH.Zr/c1-10-3-5-14-12(7-10)9-13-8-11(2)4-6-15(13)14;1-3-7-12(8-4-1)11-13-9-5-2-6-10-13;1-3-5-10-7-8-11(9-10)6-4-2;;;/h3-9H,1-2H3;1-10H;7-8,10H,3-6H2,1-2H3;2*1H;/q-1;;-1;;;+2/p-2. The van der Waals surface area contributed by atoms with Gasteiger partial charge in [0, 0.05) is 0 Å². The van der Waals surface area contributed by atoms with Crippen LogP contribution in [0.15, 0.2) is 121 Å². The summed E-state index contributed by atoms with van der Waals surface area (Å²) in [6.07, 6.45) is 13.0. The molecule has 0 radical (unpaired) electrons. The maximum atomic E-state index is 3.50. The van der Waals surface area contributed by atoms with E-state index in [4.69, 9.17) is 0 Å². The number of halogens is 2. The Bertz CT molecular complexity index is 1500. The summed E-state index contributed by atoms with van der Waals surface area (Å²) in [7, 11) is 0. The van der Waals surface area contributed by atoms with Crippen LogP contribution < -0.4 is 24.8 Å². The molecule has 0 aromatic heterocycles. The Morgan fingerprint density at radius 2 is 1.21 bits per heavy atom. The molecule has 0 saturated heterocycles. The molecule has 0 fully saturated rings. The number of rotatable bonds is 6. The van der Waals surface area contributed by atoms with Gasteiger partial charge in [-0.15, -0.1) is 39.7 Å². The first-order valence-corrected chi connectivity index (χ1v) is 15.8. The van der Waals surface area contributed by atoms with Crippen LogP contribution in [0.4, 0.5) is 0 Å². The van der Waals surface area contributed by atoms with E-state index in [-0.39, 0.29) is 24.8 Å². The fourth-order valence-electron chi connectivity index (χ4n) is 5.11. The molecule has 216 valence electrons. The summed E-state index contributed by atoms with van der Waals surface area (Å²) >= 11 is 1.46. The van der Waals surface area contributed by atoms with Crippen molar-refractivity contribution in [1.82, 2.24) is 0 Å². The Kier molecular flexibility index (Phi) is 15.6. The summed E-state index contributed by atoms with van der Waals surface area (Å²) in [5, 5.41) is 5.46. The average Bonchev–Trinajstić information content (AvgIpc) is 3.57. The third-order valence-corrected chi connectivity index (χ3v) is 8.58. The Morgan fingerprint density at radius 1 is 0.714 bits per heavy atom. The molecule has 1 aliphatic carbocycles. The van der Waals surface area contributed by atoms with Crippen LogP contribution in [-0.2, 0) is 24.2 Å². The van der Waals surface area contributed by atoms with Gasteiger partial charge in [0.2, 0.25) is 0 Å². The molecule has 0 amide bonds. The summed E-state index contributed by atoms with van der Waals surface area (Å²) in [5.41, 5.74) is 6.74. The van der Waals surface area contributed by atoms with Crippen LogP contribution >= 0.6 is 0 Å². The number of aryl methyl sites for hydroxylation is 2. The van der Waals surface area contributed by atoms with Gasteiger partial charge < -0.3 is 24.8 Å². The van der Waals surface area contributed by atoms with E-state index in [1.165, 1.54) is 102 Å². The van der Waals surface area contributed by atoms with Crippen LogP contribution in [0.5, 0.6) is 0 Å². The van der Waals surface area contributed by atoms with Crippen molar-refractivity contribution >= 4 is 24.8 Å². The summed E-state index contributed by atoms with van der Waals surface area (Å²) in [6.45, 7) is 8.73. The first kappa shape index (κ1) is 35.8. The molecular weight excluding hydrogens is 631 g/mol. The van der Waals surface area contributed by atoms with E-state index < -0.39 is 0 Å². The molecule has 1 atom stereocenters. The van der Waals surface area contributed by atoms with Crippen molar-refractivity contribution in [3.8, 4) is 0 Å². The zero-order valence-corrected chi connectivity index (χ0v) is 29.1. The topological polar surface area (TPSA) is 0 Å². The monoisotopic (exact) mass is 668 g/mol. The van der Waals surface area contributed by atoms with Crippen molar-refractivity contribution in [2.24, 2.45) is 5.92 Å². The SMILES string of the molecule is CCCC1=[C-]C(CCC)C=C1.Cc1ccc2c(c1)[cH-]c1cc(C)ccc12.[Cl-].[Cl-].[Zr+2]=[C](c1ccccc1)c1ccccc1. The summed E-state index contributed by atoms with van der Waals surface area (Å²) < 4.78 is 1.42. The van der Waals surface area contributed by atoms with Gasteiger partial charge in [-0.25, -0.2) is 11.6 Å². The molecule has 1 aliphatic rings. The van der Waals surface area contributed by atoms with Crippen molar-refractivity contribution < 1.29 is 49.0 Å². The number of hydrogen-bond acceptors (Lipinski definition) is 0. The Morgan fingerprint density at radius 3 is 1.67 bits per heavy atom. The second kappa shape index (κ2) is 18.3. The molecule has 0 aliphatic heterocycles. The second-order valence-corrected chi connectivity index (χ2v) is 11.8. The minimum absolute atomic E-state index is 0. The summed E-state index contributed by atoms with van der Waals surface area (Å²) in [4.78, 5) is 0. The quantitative estimate of drug-likeness (QED) is 0.231. The zero-order chi connectivity index (χ0) is 28.3. The molecule has 0 N–H and O–H groups in total. The molecule has 6 rings (SSSR count). The predicted octanol–water partition coefficient (Wildman–Crippen LogP) is 4.64. The molecular formula is C39H40Cl2Zr-2. The van der Waals surface area contributed by atoms with Crippen LogP contribution in [0, 0.1) is 25.8 Å². The van der Waals surface area contributed by atoms with Gasteiger partial charge in [0.05, 0.1) is 0 Å². The van der Waals surface area contributed by atoms with Gasteiger partial charge in [-0.2, -0.15) is 6.08 Å². The fourth-order valence-corrected chi connectivity index (χ4v) is 5.93. The Labute approximate surface area is 280 Å². The molecule has 3 heteroatoms. The Balaban J connectivity index is 0.000000218. The first-order valence-electron chi connectivity index (χ1n) is 14.5. The van der Waals surface area contributed by atoms with Crippen molar-refractivity contribution in [3.63, 3.8) is 0 Å². The normalized spacial score (nSPS) is 13.2. The van der Waals surface area contributed by atoms with Crippen molar-refractivity contribution in [2.75, 3.05) is 0 Å². The molecule has 0 heterocycles. The zero-order valence-electron chi connectivity index (χ0n) is 25.1. The summed E-state index contributed by atoms with van der Waals surface area (Å²) in [6, 6.07) is 36.7. The van der Waals surface area contributed by atoms with E-state index in [0.29, 0.717) is 5.92 Å². The number of fused-ring (bicyclic) bond motifs is 3. The fraction of sp³-hybridized carbons (Fsp3) is 0.231. The molecule has 0 bridgehead atoms. The van der Waals surface area contributed by atoms with E-state index in [1.807, 2.05) is 0 Å². The van der Waals surface area contributed by atoms with Crippen LogP contribution in [-0.4, -0.2) is 3.21 Å². The maximum absolute atomic E-state index is 3.50. The van der Waals surface area contributed by atoms with E-state index >= 15 is 0 Å². The number of allylic oxidation sites excluding steroid dienone is 4. The van der Waals surface area contributed by atoms with Crippen LogP contribution in [0.1, 0.15) is 61.8 Å². The van der Waals surface area contributed by atoms with Crippen LogP contribution in [0.25, 0.3) is 21.5 Å². The van der Waals surface area contributed by atoms with Crippen molar-refractivity contribution in [2.45, 2.75) is 53.4 Å². The first-order chi connectivity index (χ1) is 19.5. The molecule has 42 heavy (non-hydrogen) atoms. The van der Waals surface area contributed by atoms with Gasteiger partial charge in [0.15, 0.2) is 0 Å². The van der Waals surface area contributed by atoms with Gasteiger partial charge >= 0.3 is 99.2 Å². The third-order valence-electron chi connectivity index (χ3n) is 7.16. The molecule has 0 spiro atoms. The van der Waals surface area contributed by atoms with E-state index in [0.717, 1.165) is 0 Å². The second-order valence-electron chi connectivity index (χ2n) is 10.6. The van der Waals surface area contributed by atoms with Crippen LogP contribution in [0.3, 0.4) is 0 Å². The van der Waals surface area contributed by atoms with Gasteiger partial charge in [0.25, 0.3) is 0 Å². The van der Waals surface area contributed by atoms with E-state index in [2.05, 4.69) is 149 Å².